The molecule has 1 aliphatic rings. The highest BCUT2D eigenvalue weighted by atomic mass is 16.7. The van der Waals surface area contributed by atoms with Crippen molar-refractivity contribution >= 4 is 5.91 Å². The van der Waals surface area contributed by atoms with Crippen LogP contribution in [0.4, 0.5) is 0 Å². The van der Waals surface area contributed by atoms with Crippen molar-refractivity contribution in [3.63, 3.8) is 0 Å². The number of rotatable bonds is 40. The van der Waals surface area contributed by atoms with Gasteiger partial charge in [-0.05, 0) is 32.1 Å². The number of ether oxygens (including phenoxy) is 2. The number of aliphatic hydroxyl groups is 7. The summed E-state index contributed by atoms with van der Waals surface area (Å²) in [6, 6.07) is -1.18. The van der Waals surface area contributed by atoms with E-state index < -0.39 is 74.2 Å². The maximum atomic E-state index is 13.0. The molecule has 0 spiro atoms. The predicted molar refractivity (Wildman–Crippen MR) is 233 cm³/mol. The predicted octanol–water partition coefficient (Wildman–Crippen LogP) is 8.06. The summed E-state index contributed by atoms with van der Waals surface area (Å²) in [6.45, 7) is 3.37. The molecule has 1 aliphatic heterocycles. The molecule has 58 heavy (non-hydrogen) atoms. The summed E-state index contributed by atoms with van der Waals surface area (Å²) in [5.74, 6) is -0.732. The van der Waals surface area contributed by atoms with Crippen LogP contribution in [0.1, 0.15) is 213 Å². The van der Waals surface area contributed by atoms with Gasteiger partial charge in [-0.15, -0.1) is 0 Å². The van der Waals surface area contributed by atoms with Gasteiger partial charge in [-0.1, -0.05) is 193 Å². The lowest BCUT2D eigenvalue weighted by Crippen LogP contribution is -2.60. The van der Waals surface area contributed by atoms with Crippen LogP contribution in [0, 0.1) is 0 Å². The summed E-state index contributed by atoms with van der Waals surface area (Å²) in [6.07, 6.45) is 28.8. The second kappa shape index (κ2) is 37.6. The molecule has 1 fully saturated rings. The van der Waals surface area contributed by atoms with Gasteiger partial charge in [0.2, 0.25) is 5.91 Å². The van der Waals surface area contributed by atoms with Gasteiger partial charge < -0.3 is 50.5 Å². The Labute approximate surface area is 353 Å². The molecule has 0 aromatic rings. The zero-order valence-electron chi connectivity index (χ0n) is 37.0. The summed E-state index contributed by atoms with van der Waals surface area (Å²) in [5.41, 5.74) is 0. The van der Waals surface area contributed by atoms with Crippen LogP contribution in [-0.2, 0) is 14.3 Å². The number of nitrogens with one attached hydrogen (secondary N) is 1. The second-order valence-electron chi connectivity index (χ2n) is 17.2. The van der Waals surface area contributed by atoms with Gasteiger partial charge in [0, 0.05) is 0 Å². The highest BCUT2D eigenvalue weighted by Gasteiger charge is 2.44. The minimum absolute atomic E-state index is 0.176. The first kappa shape index (κ1) is 54.9. The van der Waals surface area contributed by atoms with E-state index in [1.807, 2.05) is 6.08 Å². The fourth-order valence-corrected chi connectivity index (χ4v) is 7.80. The summed E-state index contributed by atoms with van der Waals surface area (Å²) in [7, 11) is 0. The molecular weight excluding hydrogens is 739 g/mol. The van der Waals surface area contributed by atoms with E-state index in [0.29, 0.717) is 19.3 Å². The fraction of sp³-hybridized carbons (Fsp3) is 0.936. The molecule has 0 aromatic heterocycles. The van der Waals surface area contributed by atoms with Gasteiger partial charge in [0.25, 0.3) is 0 Å². The van der Waals surface area contributed by atoms with Crippen molar-refractivity contribution in [2.45, 2.75) is 268 Å². The fourth-order valence-electron chi connectivity index (χ4n) is 7.80. The van der Waals surface area contributed by atoms with Crippen LogP contribution >= 0.6 is 0 Å². The maximum Gasteiger partial charge on any atom is 0.249 e. The van der Waals surface area contributed by atoms with Gasteiger partial charge in [-0.3, -0.25) is 4.79 Å². The number of allylic oxidation sites excluding steroid dienone is 2. The third-order valence-corrected chi connectivity index (χ3v) is 11.8. The lowest BCUT2D eigenvalue weighted by atomic mass is 9.98. The standard InChI is InChI=1S/C47H91NO10/c1-3-5-7-9-11-13-14-15-16-17-18-19-20-21-22-23-24-25-26-27-29-30-32-34-39(50)42(52)38(37-57-47-45(55)44(54)43(53)41(36-49)58-47)48-46(56)40(51)35-33-31-28-12-10-8-6-4-2/h28,31,38-45,47,49-55H,3-27,29-30,32-37H2,1-2H3,(H,48,56)/b31-28-. The highest BCUT2D eigenvalue weighted by molar-refractivity contribution is 5.80. The van der Waals surface area contributed by atoms with Gasteiger partial charge in [-0.2, -0.15) is 0 Å². The van der Waals surface area contributed by atoms with Crippen molar-refractivity contribution in [2.24, 2.45) is 0 Å². The van der Waals surface area contributed by atoms with E-state index in [2.05, 4.69) is 25.2 Å². The Bertz CT molecular complexity index is 954. The Kier molecular flexibility index (Phi) is 35.6. The molecule has 344 valence electrons. The Morgan fingerprint density at radius 2 is 1.02 bits per heavy atom. The van der Waals surface area contributed by atoms with Gasteiger partial charge in [0.15, 0.2) is 6.29 Å². The third kappa shape index (κ3) is 26.9. The molecule has 9 unspecified atom stereocenters. The Hall–Kier alpha value is -1.15. The molecule has 9 atom stereocenters. The molecule has 0 saturated carbocycles. The van der Waals surface area contributed by atoms with E-state index >= 15 is 0 Å². The van der Waals surface area contributed by atoms with E-state index in [9.17, 15) is 40.5 Å². The first-order valence-electron chi connectivity index (χ1n) is 24.1. The summed E-state index contributed by atoms with van der Waals surface area (Å²) >= 11 is 0. The normalized spacial score (nSPS) is 22.0. The monoisotopic (exact) mass is 830 g/mol. The smallest absolute Gasteiger partial charge is 0.249 e. The largest absolute Gasteiger partial charge is 0.394 e. The zero-order chi connectivity index (χ0) is 42.6. The van der Waals surface area contributed by atoms with Gasteiger partial charge in [0.05, 0.1) is 25.4 Å². The highest BCUT2D eigenvalue weighted by Crippen LogP contribution is 2.23. The number of aliphatic hydroxyl groups excluding tert-OH is 7. The first-order valence-corrected chi connectivity index (χ1v) is 24.1. The number of unbranched alkanes of at least 4 members (excludes halogenated alkanes) is 26. The van der Waals surface area contributed by atoms with Crippen molar-refractivity contribution in [2.75, 3.05) is 13.2 Å². The molecule has 1 amide bonds. The van der Waals surface area contributed by atoms with E-state index in [0.717, 1.165) is 32.1 Å². The lowest BCUT2D eigenvalue weighted by Gasteiger charge is -2.40. The molecule has 1 rings (SSSR count). The first-order chi connectivity index (χ1) is 28.2. The lowest BCUT2D eigenvalue weighted by molar-refractivity contribution is -0.303. The Balaban J connectivity index is 2.32. The molecule has 11 nitrogen and oxygen atoms in total. The number of carbonyl (C=O) groups is 1. The quantitative estimate of drug-likeness (QED) is 0.0222. The van der Waals surface area contributed by atoms with Crippen LogP contribution in [0.5, 0.6) is 0 Å². The van der Waals surface area contributed by atoms with E-state index in [1.54, 1.807) is 0 Å². The van der Waals surface area contributed by atoms with Gasteiger partial charge in [-0.25, -0.2) is 0 Å². The third-order valence-electron chi connectivity index (χ3n) is 11.8. The van der Waals surface area contributed by atoms with Gasteiger partial charge >= 0.3 is 0 Å². The maximum absolute atomic E-state index is 13.0. The van der Waals surface area contributed by atoms with Crippen molar-refractivity contribution in [1.82, 2.24) is 5.32 Å². The number of hydrogen-bond donors (Lipinski definition) is 8. The van der Waals surface area contributed by atoms with Crippen molar-refractivity contribution < 1.29 is 50.0 Å². The Morgan fingerprint density at radius 1 is 0.586 bits per heavy atom. The van der Waals surface area contributed by atoms with Crippen LogP contribution in [0.15, 0.2) is 12.2 Å². The Morgan fingerprint density at radius 3 is 1.48 bits per heavy atom. The minimum atomic E-state index is -1.66. The van der Waals surface area contributed by atoms with Crippen LogP contribution < -0.4 is 5.32 Å². The molecule has 0 radical (unpaired) electrons. The molecule has 0 bridgehead atoms. The van der Waals surface area contributed by atoms with Crippen molar-refractivity contribution in [3.8, 4) is 0 Å². The molecule has 11 heteroatoms. The van der Waals surface area contributed by atoms with Crippen molar-refractivity contribution in [1.29, 1.82) is 0 Å². The molecule has 1 heterocycles. The number of amides is 1. The average Bonchev–Trinajstić information content (AvgIpc) is 3.22. The van der Waals surface area contributed by atoms with Gasteiger partial charge in [0.1, 0.15) is 36.6 Å². The summed E-state index contributed by atoms with van der Waals surface area (Å²) in [5, 5.41) is 75.4. The molecule has 8 N–H and O–H groups in total. The minimum Gasteiger partial charge on any atom is -0.394 e. The van der Waals surface area contributed by atoms with Crippen LogP contribution in [0.3, 0.4) is 0 Å². The van der Waals surface area contributed by atoms with Crippen LogP contribution in [0.25, 0.3) is 0 Å². The van der Waals surface area contributed by atoms with Crippen LogP contribution in [-0.4, -0.2) is 110 Å². The van der Waals surface area contributed by atoms with Crippen molar-refractivity contribution in [3.05, 3.63) is 12.2 Å². The molecule has 1 saturated heterocycles. The summed E-state index contributed by atoms with van der Waals surface area (Å²) in [4.78, 5) is 13.0. The molecule has 0 aromatic carbocycles. The second-order valence-corrected chi connectivity index (χ2v) is 17.2. The SMILES string of the molecule is CCCCCC/C=C\CCC(O)C(=O)NC(COC1OC(CO)C(O)C(O)C1O)C(O)C(O)CCCCCCCCCCCCCCCCCCCCCCCCC. The van der Waals surface area contributed by atoms with Crippen LogP contribution in [0.2, 0.25) is 0 Å². The van der Waals surface area contributed by atoms with E-state index in [-0.39, 0.29) is 6.42 Å². The summed E-state index contributed by atoms with van der Waals surface area (Å²) < 4.78 is 11.1. The van der Waals surface area contributed by atoms with E-state index in [4.69, 9.17) is 9.47 Å². The zero-order valence-corrected chi connectivity index (χ0v) is 37.0. The molecule has 0 aliphatic carbocycles. The topological polar surface area (TPSA) is 189 Å². The average molecular weight is 830 g/mol. The van der Waals surface area contributed by atoms with E-state index in [1.165, 1.54) is 141 Å². The molecular formula is C47H91NO10. The number of hydrogen-bond acceptors (Lipinski definition) is 10. The number of carbonyl (C=O) groups excluding carboxylic acids is 1.